The number of nitrogens with two attached hydrogens (primary N) is 1. The molecule has 0 aromatic carbocycles. The van der Waals surface area contributed by atoms with Crippen LogP contribution in [0.5, 0.6) is 11.6 Å². The van der Waals surface area contributed by atoms with Crippen molar-refractivity contribution in [2.75, 3.05) is 33.4 Å². The van der Waals surface area contributed by atoms with Gasteiger partial charge in [0.25, 0.3) is 0 Å². The zero-order valence-corrected chi connectivity index (χ0v) is 13.6. The van der Waals surface area contributed by atoms with E-state index in [0.717, 1.165) is 35.4 Å². The molecule has 0 spiro atoms. The highest BCUT2D eigenvalue weighted by Crippen LogP contribution is 2.38. The van der Waals surface area contributed by atoms with Gasteiger partial charge in [-0.15, -0.1) is 0 Å². The number of hydrogen-bond donors (Lipinski definition) is 1. The second kappa shape index (κ2) is 6.14. The van der Waals surface area contributed by atoms with Crippen molar-refractivity contribution in [3.05, 3.63) is 23.9 Å². The summed E-state index contributed by atoms with van der Waals surface area (Å²) in [5, 5.41) is 0. The number of ether oxygens (including phenoxy) is 2. The molecule has 2 aromatic heterocycles. The lowest BCUT2D eigenvalue weighted by atomic mass is 9.97. The Morgan fingerprint density at radius 2 is 2.33 bits per heavy atom. The molecular weight excluding hydrogens is 311 g/mol. The lowest BCUT2D eigenvalue weighted by molar-refractivity contribution is 0.111. The molecule has 128 valence electrons. The predicted octanol–water partition coefficient (Wildman–Crippen LogP) is 1.49. The second-order valence-electron chi connectivity index (χ2n) is 6.49. The van der Waals surface area contributed by atoms with Crippen LogP contribution in [0.1, 0.15) is 17.9 Å². The second-order valence-corrected chi connectivity index (χ2v) is 6.49. The first-order chi connectivity index (χ1) is 11.7. The summed E-state index contributed by atoms with van der Waals surface area (Å²) in [5.74, 6) is 1.46. The Labute approximate surface area is 139 Å². The number of fused-ring (bicyclic) bond motifs is 3. The van der Waals surface area contributed by atoms with Crippen molar-refractivity contribution in [1.29, 1.82) is 0 Å². The third-order valence-electron chi connectivity index (χ3n) is 4.90. The summed E-state index contributed by atoms with van der Waals surface area (Å²) >= 11 is 0. The van der Waals surface area contributed by atoms with E-state index >= 15 is 0 Å². The van der Waals surface area contributed by atoms with Gasteiger partial charge in [0.1, 0.15) is 17.4 Å². The molecule has 2 N–H and O–H groups in total. The predicted molar refractivity (Wildman–Crippen MR) is 88.3 cm³/mol. The topological polar surface area (TPSA) is 73.5 Å². The first-order valence-corrected chi connectivity index (χ1v) is 8.24. The number of alkyl halides is 1. The first-order valence-electron chi connectivity index (χ1n) is 8.24. The molecule has 2 aromatic rings. The zero-order valence-electron chi connectivity index (χ0n) is 13.6. The summed E-state index contributed by atoms with van der Waals surface area (Å²) in [6.07, 6.45) is 1.47. The fourth-order valence-corrected chi connectivity index (χ4v) is 3.55. The van der Waals surface area contributed by atoms with E-state index in [-0.39, 0.29) is 12.0 Å². The SMILES string of the molecule is COc1ccc2ncc3c(c2n1)C(CN1CCC(N)C(F)C1)CO3. The van der Waals surface area contributed by atoms with Crippen molar-refractivity contribution in [2.24, 2.45) is 5.73 Å². The van der Waals surface area contributed by atoms with Crippen molar-refractivity contribution in [3.63, 3.8) is 0 Å². The smallest absolute Gasteiger partial charge is 0.213 e. The Balaban J connectivity index is 1.64. The summed E-state index contributed by atoms with van der Waals surface area (Å²) in [6, 6.07) is 3.35. The van der Waals surface area contributed by atoms with Crippen LogP contribution in [0.4, 0.5) is 4.39 Å². The maximum Gasteiger partial charge on any atom is 0.213 e. The van der Waals surface area contributed by atoms with Gasteiger partial charge in [0, 0.05) is 36.7 Å². The zero-order chi connectivity index (χ0) is 16.7. The van der Waals surface area contributed by atoms with Crippen molar-refractivity contribution < 1.29 is 13.9 Å². The van der Waals surface area contributed by atoms with Crippen LogP contribution in [0.25, 0.3) is 11.0 Å². The van der Waals surface area contributed by atoms with Gasteiger partial charge < -0.3 is 15.2 Å². The lowest BCUT2D eigenvalue weighted by Gasteiger charge is -2.34. The van der Waals surface area contributed by atoms with Gasteiger partial charge in [-0.2, -0.15) is 0 Å². The normalized spacial score (nSPS) is 27.0. The van der Waals surface area contributed by atoms with E-state index in [9.17, 15) is 4.39 Å². The van der Waals surface area contributed by atoms with Crippen LogP contribution in [0.3, 0.4) is 0 Å². The summed E-state index contributed by atoms with van der Waals surface area (Å²) < 4.78 is 24.9. The minimum atomic E-state index is -0.965. The molecule has 0 bridgehead atoms. The van der Waals surface area contributed by atoms with Gasteiger partial charge in [-0.05, 0) is 19.0 Å². The van der Waals surface area contributed by atoms with E-state index in [2.05, 4.69) is 14.9 Å². The van der Waals surface area contributed by atoms with Crippen LogP contribution in [0, 0.1) is 0 Å². The first kappa shape index (κ1) is 15.5. The fraction of sp³-hybridized carbons (Fsp3) is 0.529. The third-order valence-corrected chi connectivity index (χ3v) is 4.90. The molecule has 4 rings (SSSR count). The highest BCUT2D eigenvalue weighted by Gasteiger charge is 2.33. The van der Waals surface area contributed by atoms with E-state index < -0.39 is 6.17 Å². The van der Waals surface area contributed by atoms with Crippen LogP contribution < -0.4 is 15.2 Å². The molecule has 4 heterocycles. The average molecular weight is 332 g/mol. The molecule has 0 saturated carbocycles. The van der Waals surface area contributed by atoms with Gasteiger partial charge in [0.2, 0.25) is 5.88 Å². The Kier molecular flexibility index (Phi) is 3.97. The standard InChI is InChI=1S/C17H21FN4O2/c1-23-15-3-2-13-17(21-15)16-10(9-24-14(16)6-20-13)7-22-5-4-12(19)11(18)8-22/h2-3,6,10-12H,4-5,7-9,19H2,1H3. The fourth-order valence-electron chi connectivity index (χ4n) is 3.55. The Bertz CT molecular complexity index is 757. The highest BCUT2D eigenvalue weighted by atomic mass is 19.1. The summed E-state index contributed by atoms with van der Waals surface area (Å²) in [5.41, 5.74) is 8.44. The van der Waals surface area contributed by atoms with E-state index in [1.807, 2.05) is 6.07 Å². The van der Waals surface area contributed by atoms with Crippen LogP contribution >= 0.6 is 0 Å². The number of halogens is 1. The van der Waals surface area contributed by atoms with Gasteiger partial charge in [0.15, 0.2) is 0 Å². The van der Waals surface area contributed by atoms with Gasteiger partial charge >= 0.3 is 0 Å². The molecule has 2 aliphatic rings. The van der Waals surface area contributed by atoms with Gasteiger partial charge in [-0.1, -0.05) is 0 Å². The maximum atomic E-state index is 13.9. The molecule has 0 radical (unpaired) electrons. The highest BCUT2D eigenvalue weighted by molar-refractivity contribution is 5.81. The van der Waals surface area contributed by atoms with Crippen LogP contribution in [-0.4, -0.2) is 60.4 Å². The van der Waals surface area contributed by atoms with Crippen LogP contribution in [0.2, 0.25) is 0 Å². The average Bonchev–Trinajstić information content (AvgIpc) is 3.01. The van der Waals surface area contributed by atoms with Crippen LogP contribution in [0.15, 0.2) is 18.3 Å². The molecule has 0 amide bonds. The molecule has 1 fully saturated rings. The minimum absolute atomic E-state index is 0.145. The van der Waals surface area contributed by atoms with Crippen LogP contribution in [-0.2, 0) is 0 Å². The largest absolute Gasteiger partial charge is 0.491 e. The number of methoxy groups -OCH3 is 1. The number of likely N-dealkylation sites (tertiary alicyclic amines) is 1. The van der Waals surface area contributed by atoms with Crippen molar-refractivity contribution in [2.45, 2.75) is 24.6 Å². The lowest BCUT2D eigenvalue weighted by Crippen LogP contribution is -2.49. The summed E-state index contributed by atoms with van der Waals surface area (Å²) in [6.45, 7) is 2.49. The Morgan fingerprint density at radius 1 is 1.46 bits per heavy atom. The third kappa shape index (κ3) is 2.67. The number of aromatic nitrogens is 2. The minimum Gasteiger partial charge on any atom is -0.491 e. The van der Waals surface area contributed by atoms with Gasteiger partial charge in [0.05, 0.1) is 25.4 Å². The Hall–Kier alpha value is -1.99. The molecule has 6 nitrogen and oxygen atoms in total. The van der Waals surface area contributed by atoms with E-state index in [0.29, 0.717) is 25.5 Å². The Morgan fingerprint density at radius 3 is 3.12 bits per heavy atom. The number of piperidine rings is 1. The molecule has 3 atom stereocenters. The molecular formula is C17H21FN4O2. The number of pyridine rings is 2. The van der Waals surface area contributed by atoms with Gasteiger partial charge in [-0.25, -0.2) is 9.37 Å². The molecule has 2 aliphatic heterocycles. The molecule has 1 saturated heterocycles. The van der Waals surface area contributed by atoms with E-state index in [1.54, 1.807) is 19.4 Å². The number of hydrogen-bond acceptors (Lipinski definition) is 6. The quantitative estimate of drug-likeness (QED) is 0.918. The maximum absolute atomic E-state index is 13.9. The molecule has 24 heavy (non-hydrogen) atoms. The van der Waals surface area contributed by atoms with Gasteiger partial charge in [-0.3, -0.25) is 9.88 Å². The molecule has 7 heteroatoms. The summed E-state index contributed by atoms with van der Waals surface area (Å²) in [7, 11) is 1.59. The van der Waals surface area contributed by atoms with Crippen molar-refractivity contribution in [1.82, 2.24) is 14.9 Å². The van der Waals surface area contributed by atoms with E-state index in [1.165, 1.54) is 0 Å². The molecule has 3 unspecified atom stereocenters. The summed E-state index contributed by atoms with van der Waals surface area (Å²) in [4.78, 5) is 11.1. The van der Waals surface area contributed by atoms with E-state index in [4.69, 9.17) is 15.2 Å². The monoisotopic (exact) mass is 332 g/mol. The molecule has 0 aliphatic carbocycles. The van der Waals surface area contributed by atoms with Crippen molar-refractivity contribution in [3.8, 4) is 11.6 Å². The number of rotatable bonds is 3. The van der Waals surface area contributed by atoms with Crippen molar-refractivity contribution >= 4 is 11.0 Å². The number of nitrogens with zero attached hydrogens (tertiary/aromatic N) is 3.